The van der Waals surface area contributed by atoms with E-state index in [9.17, 15) is 4.79 Å². The summed E-state index contributed by atoms with van der Waals surface area (Å²) in [5.41, 5.74) is 1.56. The van der Waals surface area contributed by atoms with Gasteiger partial charge in [0.25, 0.3) is 0 Å². The van der Waals surface area contributed by atoms with Crippen molar-refractivity contribution in [3.05, 3.63) is 34.8 Å². The van der Waals surface area contributed by atoms with E-state index < -0.39 is 0 Å². The minimum atomic E-state index is 0.487. The molecule has 0 saturated heterocycles. The highest BCUT2D eigenvalue weighted by molar-refractivity contribution is 7.11. The van der Waals surface area contributed by atoms with Crippen LogP contribution < -0.4 is 0 Å². The fourth-order valence-corrected chi connectivity index (χ4v) is 1.59. The molecule has 0 fully saturated rings. The predicted octanol–water partition coefficient (Wildman–Crippen LogP) is 2.02. The van der Waals surface area contributed by atoms with Crippen LogP contribution in [0, 0.1) is 0 Å². The molecule has 0 aliphatic heterocycles. The number of carbonyl (C=O) groups excluding carboxylic acids is 1. The normalized spacial score (nSPS) is 9.85. The molecule has 0 aliphatic rings. The predicted molar refractivity (Wildman–Crippen MR) is 50.7 cm³/mol. The van der Waals surface area contributed by atoms with Crippen molar-refractivity contribution in [2.24, 2.45) is 0 Å². The van der Waals surface area contributed by atoms with E-state index in [1.165, 1.54) is 11.3 Å². The van der Waals surface area contributed by atoms with E-state index in [0.29, 0.717) is 5.01 Å². The van der Waals surface area contributed by atoms with Crippen LogP contribution in [0.1, 0.15) is 9.80 Å². The van der Waals surface area contributed by atoms with Crippen molar-refractivity contribution >= 4 is 17.6 Å². The highest BCUT2D eigenvalue weighted by Crippen LogP contribution is 2.17. The largest absolute Gasteiger partial charge is 0.295 e. The third-order valence-corrected chi connectivity index (χ3v) is 2.32. The fourth-order valence-electron chi connectivity index (χ4n) is 0.974. The molecule has 0 atom stereocenters. The number of rotatable bonds is 2. The summed E-state index contributed by atoms with van der Waals surface area (Å²) in [7, 11) is 0. The first kappa shape index (κ1) is 8.07. The van der Waals surface area contributed by atoms with Gasteiger partial charge in [0.2, 0.25) is 0 Å². The molecule has 0 saturated carbocycles. The second-order valence-electron chi connectivity index (χ2n) is 2.40. The smallest absolute Gasteiger partial charge is 0.178 e. The van der Waals surface area contributed by atoms with Gasteiger partial charge < -0.3 is 0 Å². The highest BCUT2D eigenvalue weighted by atomic mass is 32.1. The molecule has 0 aromatic carbocycles. The van der Waals surface area contributed by atoms with E-state index in [0.717, 1.165) is 17.7 Å². The monoisotopic (exact) mass is 190 g/mol. The minimum Gasteiger partial charge on any atom is -0.295 e. The molecular formula is C9H6N2OS. The number of carbonyl (C=O) groups is 1. The maximum Gasteiger partial charge on any atom is 0.178 e. The molecule has 0 spiro atoms. The Kier molecular flexibility index (Phi) is 2.14. The number of thiazole rings is 1. The quantitative estimate of drug-likeness (QED) is 0.680. The van der Waals surface area contributed by atoms with Crippen LogP contribution in [0.2, 0.25) is 0 Å². The van der Waals surface area contributed by atoms with Crippen molar-refractivity contribution in [1.82, 2.24) is 9.97 Å². The molecule has 0 amide bonds. The molecule has 0 bridgehead atoms. The van der Waals surface area contributed by atoms with Crippen LogP contribution in [-0.4, -0.2) is 16.3 Å². The molecule has 0 unspecified atom stereocenters. The van der Waals surface area contributed by atoms with Crippen LogP contribution in [0.5, 0.6) is 0 Å². The summed E-state index contributed by atoms with van der Waals surface area (Å²) in [6.45, 7) is 0. The van der Waals surface area contributed by atoms with Crippen LogP contribution in [0.4, 0.5) is 0 Å². The Morgan fingerprint density at radius 1 is 1.31 bits per heavy atom. The molecule has 2 aromatic heterocycles. The number of nitrogens with zero attached hydrogens (tertiary/aromatic N) is 2. The second kappa shape index (κ2) is 3.45. The molecule has 0 aliphatic carbocycles. The molecule has 2 aromatic rings. The molecular weight excluding hydrogens is 184 g/mol. The molecule has 13 heavy (non-hydrogen) atoms. The van der Waals surface area contributed by atoms with E-state index in [1.807, 2.05) is 23.6 Å². The lowest BCUT2D eigenvalue weighted by atomic mass is 10.3. The number of hydrogen-bond acceptors (Lipinski definition) is 4. The third-order valence-electron chi connectivity index (χ3n) is 1.55. The van der Waals surface area contributed by atoms with Crippen LogP contribution in [0.15, 0.2) is 29.8 Å². The summed E-state index contributed by atoms with van der Waals surface area (Å²) in [6.07, 6.45) is 2.45. The zero-order chi connectivity index (χ0) is 9.10. The average Bonchev–Trinajstić information content (AvgIpc) is 2.67. The van der Waals surface area contributed by atoms with Gasteiger partial charge in [0.15, 0.2) is 11.3 Å². The summed E-state index contributed by atoms with van der Waals surface area (Å²) in [4.78, 5) is 18.6. The van der Waals surface area contributed by atoms with Gasteiger partial charge >= 0.3 is 0 Å². The molecule has 2 heterocycles. The van der Waals surface area contributed by atoms with Crippen molar-refractivity contribution in [2.75, 3.05) is 0 Å². The average molecular weight is 190 g/mol. The van der Waals surface area contributed by atoms with Gasteiger partial charge in [-0.25, -0.2) is 4.98 Å². The fraction of sp³-hybridized carbons (Fsp3) is 0. The summed E-state index contributed by atoms with van der Waals surface area (Å²) in [5.74, 6) is 0. The Morgan fingerprint density at radius 3 is 2.85 bits per heavy atom. The van der Waals surface area contributed by atoms with Crippen molar-refractivity contribution in [3.63, 3.8) is 0 Å². The van der Waals surface area contributed by atoms with E-state index in [-0.39, 0.29) is 0 Å². The van der Waals surface area contributed by atoms with Gasteiger partial charge in [0.05, 0.1) is 5.69 Å². The Morgan fingerprint density at radius 2 is 2.23 bits per heavy atom. The maximum absolute atomic E-state index is 10.4. The lowest BCUT2D eigenvalue weighted by Crippen LogP contribution is -1.82. The molecule has 0 radical (unpaired) electrons. The van der Waals surface area contributed by atoms with Gasteiger partial charge in [0, 0.05) is 11.6 Å². The van der Waals surface area contributed by atoms with Crippen LogP contribution >= 0.6 is 11.3 Å². The zero-order valence-electron chi connectivity index (χ0n) is 6.68. The van der Waals surface area contributed by atoms with Crippen molar-refractivity contribution in [1.29, 1.82) is 0 Å². The molecule has 4 heteroatoms. The number of pyridine rings is 1. The number of hydrogen-bond donors (Lipinski definition) is 0. The zero-order valence-corrected chi connectivity index (χ0v) is 7.49. The minimum absolute atomic E-state index is 0.487. The molecule has 64 valence electrons. The van der Waals surface area contributed by atoms with E-state index in [4.69, 9.17) is 0 Å². The first-order valence-electron chi connectivity index (χ1n) is 3.72. The van der Waals surface area contributed by atoms with E-state index in [2.05, 4.69) is 9.97 Å². The lowest BCUT2D eigenvalue weighted by Gasteiger charge is -1.91. The van der Waals surface area contributed by atoms with Crippen LogP contribution in [0.25, 0.3) is 11.4 Å². The van der Waals surface area contributed by atoms with Crippen LogP contribution in [0.3, 0.4) is 0 Å². The lowest BCUT2D eigenvalue weighted by molar-refractivity contribution is 0.112. The summed E-state index contributed by atoms with van der Waals surface area (Å²) < 4.78 is 0. The Balaban J connectivity index is 2.41. The Labute approximate surface area is 79.1 Å². The van der Waals surface area contributed by atoms with Crippen molar-refractivity contribution in [2.45, 2.75) is 0 Å². The molecule has 3 nitrogen and oxygen atoms in total. The first-order valence-corrected chi connectivity index (χ1v) is 4.60. The Hall–Kier alpha value is -1.55. The van der Waals surface area contributed by atoms with Gasteiger partial charge in [0.1, 0.15) is 5.69 Å². The number of aromatic nitrogens is 2. The Bertz CT molecular complexity index is 411. The standard InChI is InChI=1S/C9H6N2OS/c12-5-9-11-8(6-13-9)7-3-1-2-4-10-7/h1-6H. The second-order valence-corrected chi connectivity index (χ2v) is 3.29. The van der Waals surface area contributed by atoms with Gasteiger partial charge in [-0.1, -0.05) is 6.07 Å². The molecule has 2 rings (SSSR count). The van der Waals surface area contributed by atoms with Gasteiger partial charge in [-0.05, 0) is 12.1 Å². The first-order chi connectivity index (χ1) is 6.40. The summed E-state index contributed by atoms with van der Waals surface area (Å²) >= 11 is 1.33. The van der Waals surface area contributed by atoms with Crippen molar-refractivity contribution < 1.29 is 4.79 Å². The third kappa shape index (κ3) is 1.62. The van der Waals surface area contributed by atoms with Crippen molar-refractivity contribution in [3.8, 4) is 11.4 Å². The number of aldehydes is 1. The van der Waals surface area contributed by atoms with Gasteiger partial charge in [-0.3, -0.25) is 9.78 Å². The van der Waals surface area contributed by atoms with E-state index >= 15 is 0 Å². The maximum atomic E-state index is 10.4. The summed E-state index contributed by atoms with van der Waals surface area (Å²) in [5, 5.41) is 2.31. The highest BCUT2D eigenvalue weighted by Gasteiger charge is 2.03. The SMILES string of the molecule is O=Cc1nc(-c2ccccn2)cs1. The topological polar surface area (TPSA) is 42.9 Å². The van der Waals surface area contributed by atoms with E-state index in [1.54, 1.807) is 6.20 Å². The van der Waals surface area contributed by atoms with Gasteiger partial charge in [-0.15, -0.1) is 11.3 Å². The van der Waals surface area contributed by atoms with Crippen LogP contribution in [-0.2, 0) is 0 Å². The molecule has 0 N–H and O–H groups in total. The van der Waals surface area contributed by atoms with Gasteiger partial charge in [-0.2, -0.15) is 0 Å². The summed E-state index contributed by atoms with van der Waals surface area (Å²) in [6, 6.07) is 5.60.